The highest BCUT2D eigenvalue weighted by atomic mass is 127. The molecule has 0 saturated carbocycles. The summed E-state index contributed by atoms with van der Waals surface area (Å²) in [5.74, 6) is 0.862. The van der Waals surface area contributed by atoms with E-state index in [2.05, 4.69) is 57.8 Å². The van der Waals surface area contributed by atoms with Crippen LogP contribution < -0.4 is 10.6 Å². The molecule has 2 N–H and O–H groups in total. The van der Waals surface area contributed by atoms with Crippen LogP contribution in [0.15, 0.2) is 47.7 Å². The van der Waals surface area contributed by atoms with Crippen molar-refractivity contribution in [3.8, 4) is 5.69 Å². The molecule has 0 aliphatic carbocycles. The second-order valence-electron chi connectivity index (χ2n) is 8.09. The fourth-order valence-corrected chi connectivity index (χ4v) is 3.67. The molecule has 1 aliphatic heterocycles. The molecule has 7 heteroatoms. The molecule has 29 heavy (non-hydrogen) atoms. The zero-order valence-electron chi connectivity index (χ0n) is 17.9. The van der Waals surface area contributed by atoms with Crippen molar-refractivity contribution < 1.29 is 0 Å². The van der Waals surface area contributed by atoms with E-state index in [-0.39, 0.29) is 29.5 Å². The van der Waals surface area contributed by atoms with Crippen LogP contribution in [-0.2, 0) is 6.42 Å². The minimum atomic E-state index is 0. The molecule has 6 nitrogen and oxygen atoms in total. The molecule has 2 heterocycles. The van der Waals surface area contributed by atoms with Crippen LogP contribution in [0, 0.1) is 0 Å². The third kappa shape index (κ3) is 6.99. The van der Waals surface area contributed by atoms with Crippen LogP contribution >= 0.6 is 24.0 Å². The summed E-state index contributed by atoms with van der Waals surface area (Å²) in [6.07, 6.45) is 8.92. The first-order valence-electron chi connectivity index (χ1n) is 10.4. The quantitative estimate of drug-likeness (QED) is 0.341. The number of para-hydroxylation sites is 1. The van der Waals surface area contributed by atoms with Gasteiger partial charge in [0, 0.05) is 31.9 Å². The van der Waals surface area contributed by atoms with Crippen LogP contribution in [0.2, 0.25) is 0 Å². The summed E-state index contributed by atoms with van der Waals surface area (Å²) in [6.45, 7) is 8.74. The number of likely N-dealkylation sites (tertiary alicyclic amines) is 1. The highest BCUT2D eigenvalue weighted by Gasteiger charge is 2.27. The smallest absolute Gasteiger partial charge is 0.191 e. The summed E-state index contributed by atoms with van der Waals surface area (Å²) in [5, 5.41) is 11.4. The number of rotatable bonds is 7. The van der Waals surface area contributed by atoms with Gasteiger partial charge in [0.15, 0.2) is 5.96 Å². The summed E-state index contributed by atoms with van der Waals surface area (Å²) in [5.41, 5.74) is 2.43. The average Bonchev–Trinajstić information content (AvgIpc) is 3.21. The van der Waals surface area contributed by atoms with Crippen LogP contribution in [0.25, 0.3) is 5.69 Å². The molecule has 160 valence electrons. The Labute approximate surface area is 192 Å². The van der Waals surface area contributed by atoms with Gasteiger partial charge in [-0.2, -0.15) is 5.10 Å². The van der Waals surface area contributed by atoms with Crippen LogP contribution in [0.1, 0.15) is 38.7 Å². The third-order valence-electron chi connectivity index (χ3n) is 5.49. The Hall–Kier alpha value is -1.61. The molecule has 0 unspecified atom stereocenters. The molecule has 0 radical (unpaired) electrons. The lowest BCUT2D eigenvalue weighted by molar-refractivity contribution is 0.0982. The van der Waals surface area contributed by atoms with Crippen LogP contribution in [0.4, 0.5) is 0 Å². The van der Waals surface area contributed by atoms with E-state index < -0.39 is 0 Å². The number of halogens is 1. The van der Waals surface area contributed by atoms with Crippen LogP contribution in [-0.4, -0.2) is 59.4 Å². The molecule has 0 spiro atoms. The maximum absolute atomic E-state index is 4.46. The van der Waals surface area contributed by atoms with E-state index in [4.69, 9.17) is 0 Å². The first-order chi connectivity index (χ1) is 13.6. The van der Waals surface area contributed by atoms with E-state index in [0.29, 0.717) is 0 Å². The highest BCUT2D eigenvalue weighted by molar-refractivity contribution is 14.0. The number of guanidine groups is 1. The fourth-order valence-electron chi connectivity index (χ4n) is 3.67. The topological polar surface area (TPSA) is 57.5 Å². The Morgan fingerprint density at radius 1 is 1.10 bits per heavy atom. The Kier molecular flexibility index (Phi) is 9.42. The van der Waals surface area contributed by atoms with E-state index in [9.17, 15) is 0 Å². The number of aliphatic imine (C=N–C) groups is 1. The third-order valence-corrected chi connectivity index (χ3v) is 5.49. The maximum Gasteiger partial charge on any atom is 0.191 e. The summed E-state index contributed by atoms with van der Waals surface area (Å²) in [6, 6.07) is 10.2. The van der Waals surface area contributed by atoms with Gasteiger partial charge in [0.2, 0.25) is 0 Å². The molecule has 0 atom stereocenters. The van der Waals surface area contributed by atoms with Gasteiger partial charge >= 0.3 is 0 Å². The number of hydrogen-bond donors (Lipinski definition) is 2. The predicted molar refractivity (Wildman–Crippen MR) is 132 cm³/mol. The lowest BCUT2D eigenvalue weighted by atomic mass is 9.98. The van der Waals surface area contributed by atoms with Crippen molar-refractivity contribution in [2.75, 3.05) is 33.2 Å². The van der Waals surface area contributed by atoms with E-state index >= 15 is 0 Å². The molecule has 2 aromatic rings. The van der Waals surface area contributed by atoms with E-state index in [0.717, 1.165) is 31.2 Å². The van der Waals surface area contributed by atoms with Crippen molar-refractivity contribution in [2.45, 2.75) is 45.1 Å². The zero-order chi connectivity index (χ0) is 19.8. The van der Waals surface area contributed by atoms with Gasteiger partial charge in [-0.25, -0.2) is 4.68 Å². The number of nitrogens with one attached hydrogen (secondary N) is 2. The molecular weight excluding hydrogens is 475 g/mol. The number of nitrogens with zero attached hydrogens (tertiary/aromatic N) is 4. The zero-order valence-corrected chi connectivity index (χ0v) is 20.2. The summed E-state index contributed by atoms with van der Waals surface area (Å²) in [7, 11) is 1.83. The van der Waals surface area contributed by atoms with Gasteiger partial charge in [0.05, 0.1) is 11.9 Å². The molecule has 0 amide bonds. The van der Waals surface area contributed by atoms with E-state index in [1.165, 1.54) is 37.9 Å². The molecule has 3 rings (SSSR count). The van der Waals surface area contributed by atoms with Crippen molar-refractivity contribution in [2.24, 2.45) is 4.99 Å². The number of piperidine rings is 1. The first kappa shape index (κ1) is 23.7. The standard InChI is InChI=1S/C22H34N6.HI/c1-22(2,27-14-8-5-9-15-27)18-25-21(23-3)24-13-12-19-16-26-28(17-19)20-10-6-4-7-11-20;/h4,6-7,10-11,16-17H,5,8-9,12-15,18H2,1-3H3,(H2,23,24,25);1H. The monoisotopic (exact) mass is 510 g/mol. The molecule has 1 fully saturated rings. The summed E-state index contributed by atoms with van der Waals surface area (Å²) < 4.78 is 1.92. The molecular formula is C22H35IN6. The largest absolute Gasteiger partial charge is 0.356 e. The maximum atomic E-state index is 4.46. The lowest BCUT2D eigenvalue weighted by Gasteiger charge is -2.41. The summed E-state index contributed by atoms with van der Waals surface area (Å²) in [4.78, 5) is 6.97. The minimum Gasteiger partial charge on any atom is -0.356 e. The second kappa shape index (κ2) is 11.5. The van der Waals surface area contributed by atoms with Crippen molar-refractivity contribution in [3.63, 3.8) is 0 Å². The van der Waals surface area contributed by atoms with Gasteiger partial charge in [-0.3, -0.25) is 9.89 Å². The second-order valence-corrected chi connectivity index (χ2v) is 8.09. The highest BCUT2D eigenvalue weighted by Crippen LogP contribution is 2.19. The Bertz CT molecular complexity index is 750. The lowest BCUT2D eigenvalue weighted by Crippen LogP contribution is -2.55. The SMILES string of the molecule is CN=C(NCCc1cnn(-c2ccccc2)c1)NCC(C)(C)N1CCCCC1.I. The van der Waals surface area contributed by atoms with Gasteiger partial charge in [-0.05, 0) is 63.9 Å². The number of aromatic nitrogens is 2. The van der Waals surface area contributed by atoms with Crippen molar-refractivity contribution in [1.82, 2.24) is 25.3 Å². The van der Waals surface area contributed by atoms with E-state index in [1.807, 2.05) is 36.1 Å². The molecule has 0 bridgehead atoms. The van der Waals surface area contributed by atoms with Gasteiger partial charge in [-0.15, -0.1) is 24.0 Å². The number of hydrogen-bond acceptors (Lipinski definition) is 3. The van der Waals surface area contributed by atoms with Gasteiger partial charge in [0.25, 0.3) is 0 Å². The Morgan fingerprint density at radius 3 is 2.52 bits per heavy atom. The number of benzene rings is 1. The van der Waals surface area contributed by atoms with Crippen molar-refractivity contribution >= 4 is 29.9 Å². The average molecular weight is 510 g/mol. The minimum absolute atomic E-state index is 0. The van der Waals surface area contributed by atoms with Gasteiger partial charge in [-0.1, -0.05) is 24.6 Å². The molecule has 1 aromatic carbocycles. The van der Waals surface area contributed by atoms with Gasteiger partial charge < -0.3 is 10.6 Å². The molecule has 1 saturated heterocycles. The molecule has 1 aromatic heterocycles. The Morgan fingerprint density at radius 2 is 1.83 bits per heavy atom. The normalized spacial score (nSPS) is 15.6. The van der Waals surface area contributed by atoms with Gasteiger partial charge in [0.1, 0.15) is 0 Å². The Balaban J connectivity index is 0.00000300. The predicted octanol–water partition coefficient (Wildman–Crippen LogP) is 3.46. The first-order valence-corrected chi connectivity index (χ1v) is 10.4. The van der Waals surface area contributed by atoms with Crippen LogP contribution in [0.5, 0.6) is 0 Å². The van der Waals surface area contributed by atoms with Crippen LogP contribution in [0.3, 0.4) is 0 Å². The fraction of sp³-hybridized carbons (Fsp3) is 0.545. The van der Waals surface area contributed by atoms with Crippen molar-refractivity contribution in [1.29, 1.82) is 0 Å². The van der Waals surface area contributed by atoms with E-state index in [1.54, 1.807) is 0 Å². The molecule has 1 aliphatic rings. The van der Waals surface area contributed by atoms with Crippen molar-refractivity contribution in [3.05, 3.63) is 48.3 Å². The summed E-state index contributed by atoms with van der Waals surface area (Å²) >= 11 is 0.